The zero-order chi connectivity index (χ0) is 5.11. The van der Waals surface area contributed by atoms with Crippen molar-refractivity contribution >= 4 is 35.5 Å². The molecule has 3 heteroatoms. The Morgan fingerprint density at radius 1 is 1.11 bits per heavy atom. The summed E-state index contributed by atoms with van der Waals surface area (Å²) in [6.07, 6.45) is 5.92. The van der Waals surface area contributed by atoms with Crippen molar-refractivity contribution in [2.24, 2.45) is 0 Å². The molecule has 0 saturated heterocycles. The van der Waals surface area contributed by atoms with Crippen LogP contribution >= 0.6 is 12.4 Å². The average molecular weight is 163 g/mol. The topological polar surface area (TPSA) is 20.2 Å². The minimum Gasteiger partial charge on any atom is -1.00 e. The summed E-state index contributed by atoms with van der Waals surface area (Å²) in [7, 11) is 0. The summed E-state index contributed by atoms with van der Waals surface area (Å²) in [6.45, 7) is 0. The first-order chi connectivity index (χ1) is 3.39. The SMILES string of the molecule is Cl.OC1CCCCC1.[H-].[H-].[Mg+2]. The molecule has 54 valence electrons. The molecule has 1 rings (SSSR count). The summed E-state index contributed by atoms with van der Waals surface area (Å²) < 4.78 is 0. The second kappa shape index (κ2) is 7.13. The van der Waals surface area contributed by atoms with Gasteiger partial charge in [-0.05, 0) is 12.8 Å². The fourth-order valence-electron chi connectivity index (χ4n) is 1.08. The number of aliphatic hydroxyl groups is 1. The van der Waals surface area contributed by atoms with E-state index in [4.69, 9.17) is 5.11 Å². The van der Waals surface area contributed by atoms with Crippen LogP contribution in [0.5, 0.6) is 0 Å². The Kier molecular flexibility index (Phi) is 10.0. The van der Waals surface area contributed by atoms with Crippen LogP contribution in [0, 0.1) is 0 Å². The van der Waals surface area contributed by atoms with Crippen molar-refractivity contribution in [1.29, 1.82) is 0 Å². The van der Waals surface area contributed by atoms with Gasteiger partial charge in [-0.25, -0.2) is 0 Å². The van der Waals surface area contributed by atoms with E-state index < -0.39 is 0 Å². The molecule has 0 amide bonds. The van der Waals surface area contributed by atoms with Crippen LogP contribution in [-0.2, 0) is 0 Å². The van der Waals surface area contributed by atoms with E-state index in [9.17, 15) is 0 Å². The number of hydrogen-bond donors (Lipinski definition) is 1. The molecule has 0 bridgehead atoms. The zero-order valence-electron chi connectivity index (χ0n) is 7.68. The van der Waals surface area contributed by atoms with E-state index in [1.165, 1.54) is 19.3 Å². The smallest absolute Gasteiger partial charge is 1.00 e. The van der Waals surface area contributed by atoms with Crippen LogP contribution < -0.4 is 0 Å². The van der Waals surface area contributed by atoms with Gasteiger partial charge in [-0.1, -0.05) is 19.3 Å². The third-order valence-corrected chi connectivity index (χ3v) is 1.57. The van der Waals surface area contributed by atoms with Crippen LogP contribution in [0.25, 0.3) is 0 Å². The summed E-state index contributed by atoms with van der Waals surface area (Å²) in [5.41, 5.74) is 0. The fourth-order valence-corrected chi connectivity index (χ4v) is 1.08. The zero-order valence-corrected chi connectivity index (χ0v) is 7.91. The van der Waals surface area contributed by atoms with E-state index in [2.05, 4.69) is 0 Å². The van der Waals surface area contributed by atoms with Crippen molar-refractivity contribution < 1.29 is 7.96 Å². The quantitative estimate of drug-likeness (QED) is 0.537. The average Bonchev–Trinajstić information content (AvgIpc) is 1.69. The van der Waals surface area contributed by atoms with Crippen molar-refractivity contribution in [1.82, 2.24) is 0 Å². The van der Waals surface area contributed by atoms with Gasteiger partial charge >= 0.3 is 23.1 Å². The molecule has 0 aromatic carbocycles. The Hall–Kier alpha value is 1.02. The van der Waals surface area contributed by atoms with Crippen molar-refractivity contribution in [2.75, 3.05) is 0 Å². The molecule has 0 atom stereocenters. The molecule has 0 aromatic heterocycles. The predicted octanol–water partition coefficient (Wildman–Crippen LogP) is 1.58. The van der Waals surface area contributed by atoms with E-state index in [1.807, 2.05) is 0 Å². The molecule has 9 heavy (non-hydrogen) atoms. The van der Waals surface area contributed by atoms with Gasteiger partial charge < -0.3 is 7.96 Å². The summed E-state index contributed by atoms with van der Waals surface area (Å²) in [4.78, 5) is 0. The summed E-state index contributed by atoms with van der Waals surface area (Å²) >= 11 is 0. The molecule has 1 fully saturated rings. The van der Waals surface area contributed by atoms with Gasteiger partial charge in [0.15, 0.2) is 0 Å². The van der Waals surface area contributed by atoms with Gasteiger partial charge in [0.2, 0.25) is 0 Å². The predicted molar refractivity (Wildman–Crippen MR) is 44.3 cm³/mol. The Morgan fingerprint density at radius 3 is 1.78 bits per heavy atom. The van der Waals surface area contributed by atoms with E-state index in [1.54, 1.807) is 0 Å². The maximum absolute atomic E-state index is 8.91. The van der Waals surface area contributed by atoms with Crippen molar-refractivity contribution in [3.05, 3.63) is 0 Å². The molecular formula is C6H15ClMgO. The van der Waals surface area contributed by atoms with Gasteiger partial charge in [0, 0.05) is 0 Å². The van der Waals surface area contributed by atoms with Crippen LogP contribution in [0.2, 0.25) is 0 Å². The molecule has 0 aliphatic heterocycles. The summed E-state index contributed by atoms with van der Waals surface area (Å²) in [5, 5.41) is 8.91. The van der Waals surface area contributed by atoms with Gasteiger partial charge in [0.1, 0.15) is 0 Å². The Morgan fingerprint density at radius 2 is 1.56 bits per heavy atom. The van der Waals surface area contributed by atoms with E-state index in [0.717, 1.165) is 12.8 Å². The molecule has 0 spiro atoms. The van der Waals surface area contributed by atoms with Gasteiger partial charge in [0.05, 0.1) is 6.10 Å². The monoisotopic (exact) mass is 162 g/mol. The minimum absolute atomic E-state index is 0. The molecule has 0 unspecified atom stereocenters. The second-order valence-electron chi connectivity index (χ2n) is 2.29. The van der Waals surface area contributed by atoms with Crippen LogP contribution in [0.15, 0.2) is 0 Å². The molecule has 0 heterocycles. The van der Waals surface area contributed by atoms with Gasteiger partial charge in [-0.3, -0.25) is 0 Å². The first-order valence-corrected chi connectivity index (χ1v) is 3.07. The Bertz CT molecular complexity index is 62.5. The molecule has 1 nitrogen and oxygen atoms in total. The molecule has 1 N–H and O–H groups in total. The van der Waals surface area contributed by atoms with E-state index >= 15 is 0 Å². The van der Waals surface area contributed by atoms with Gasteiger partial charge in [-0.2, -0.15) is 0 Å². The first-order valence-electron chi connectivity index (χ1n) is 3.07. The van der Waals surface area contributed by atoms with Crippen LogP contribution in [0.3, 0.4) is 0 Å². The summed E-state index contributed by atoms with van der Waals surface area (Å²) in [6, 6.07) is 0. The number of hydrogen-bond acceptors (Lipinski definition) is 1. The van der Waals surface area contributed by atoms with Crippen molar-refractivity contribution in [3.63, 3.8) is 0 Å². The standard InChI is InChI=1S/C6H12O.ClH.Mg.2H/c7-6-4-2-1-3-5-6;;;;/h6-7H,1-5H2;1H;;;/q;;+2;2*-1. The molecule has 1 saturated carbocycles. The van der Waals surface area contributed by atoms with Crippen LogP contribution in [0.4, 0.5) is 0 Å². The fraction of sp³-hybridized carbons (Fsp3) is 1.00. The van der Waals surface area contributed by atoms with Crippen molar-refractivity contribution in [3.8, 4) is 0 Å². The minimum atomic E-state index is 0. The van der Waals surface area contributed by atoms with Crippen molar-refractivity contribution in [2.45, 2.75) is 38.2 Å². The molecule has 1 aliphatic carbocycles. The number of rotatable bonds is 0. The van der Waals surface area contributed by atoms with Crippen LogP contribution in [0.1, 0.15) is 35.0 Å². The van der Waals surface area contributed by atoms with Gasteiger partial charge in [0.25, 0.3) is 0 Å². The normalized spacial score (nSPS) is 19.7. The third kappa shape index (κ3) is 5.46. The maximum atomic E-state index is 8.91. The number of halogens is 1. The van der Waals surface area contributed by atoms with Crippen LogP contribution in [-0.4, -0.2) is 34.3 Å². The first kappa shape index (κ1) is 12.7. The summed E-state index contributed by atoms with van der Waals surface area (Å²) in [5.74, 6) is 0. The van der Waals surface area contributed by atoms with E-state index in [0.29, 0.717) is 0 Å². The number of aliphatic hydroxyl groups excluding tert-OH is 1. The molecule has 0 aromatic rings. The molecular weight excluding hydrogens is 148 g/mol. The van der Waals surface area contributed by atoms with E-state index in [-0.39, 0.29) is 44.4 Å². The Labute approximate surface area is 81.7 Å². The molecule has 1 aliphatic rings. The second-order valence-corrected chi connectivity index (χ2v) is 2.29. The maximum Gasteiger partial charge on any atom is 2.00 e. The Balaban J connectivity index is -0.0000000612. The largest absolute Gasteiger partial charge is 2.00 e. The van der Waals surface area contributed by atoms with Gasteiger partial charge in [-0.15, -0.1) is 12.4 Å². The molecule has 0 radical (unpaired) electrons. The third-order valence-electron chi connectivity index (χ3n) is 1.57.